The van der Waals surface area contributed by atoms with Gasteiger partial charge in [-0.1, -0.05) is 36.4 Å². The largest absolute Gasteiger partial charge is 0.326 e. The zero-order valence-corrected chi connectivity index (χ0v) is 10.6. The summed E-state index contributed by atoms with van der Waals surface area (Å²) in [6.45, 7) is 0.431. The number of carbonyl (C=O) groups excluding carboxylic acids is 1. The SMILES string of the molecule is NCc1ccccc1CC(=O)Cc1ccc(F)cc1. The molecule has 2 nitrogen and oxygen atoms in total. The number of halogens is 1. The predicted molar refractivity (Wildman–Crippen MR) is 73.1 cm³/mol. The van der Waals surface area contributed by atoms with Crippen molar-refractivity contribution >= 4 is 5.78 Å². The Morgan fingerprint density at radius 2 is 1.58 bits per heavy atom. The molecular weight excluding hydrogens is 241 g/mol. The molecule has 0 amide bonds. The molecule has 0 aliphatic rings. The van der Waals surface area contributed by atoms with Gasteiger partial charge in [-0.05, 0) is 28.8 Å². The molecule has 0 aliphatic carbocycles. The molecule has 0 fully saturated rings. The summed E-state index contributed by atoms with van der Waals surface area (Å²) in [4.78, 5) is 12.0. The van der Waals surface area contributed by atoms with Crippen LogP contribution in [0.25, 0.3) is 0 Å². The number of rotatable bonds is 5. The number of hydrogen-bond acceptors (Lipinski definition) is 2. The van der Waals surface area contributed by atoms with Gasteiger partial charge in [0.05, 0.1) is 0 Å². The average Bonchev–Trinajstić information content (AvgIpc) is 2.42. The van der Waals surface area contributed by atoms with Crippen molar-refractivity contribution in [1.82, 2.24) is 0 Å². The van der Waals surface area contributed by atoms with Gasteiger partial charge in [-0.2, -0.15) is 0 Å². The van der Waals surface area contributed by atoms with Crippen molar-refractivity contribution in [1.29, 1.82) is 0 Å². The maximum absolute atomic E-state index is 12.8. The molecule has 19 heavy (non-hydrogen) atoms. The molecule has 2 aromatic carbocycles. The van der Waals surface area contributed by atoms with Crippen LogP contribution in [0.5, 0.6) is 0 Å². The molecule has 0 spiro atoms. The van der Waals surface area contributed by atoms with Crippen molar-refractivity contribution in [2.24, 2.45) is 5.73 Å². The second-order valence-corrected chi connectivity index (χ2v) is 4.49. The van der Waals surface area contributed by atoms with E-state index >= 15 is 0 Å². The third-order valence-electron chi connectivity index (χ3n) is 3.04. The topological polar surface area (TPSA) is 43.1 Å². The van der Waals surface area contributed by atoms with Crippen LogP contribution in [0.15, 0.2) is 48.5 Å². The van der Waals surface area contributed by atoms with E-state index in [1.165, 1.54) is 12.1 Å². The molecule has 0 unspecified atom stereocenters. The van der Waals surface area contributed by atoms with E-state index < -0.39 is 0 Å². The minimum atomic E-state index is -0.287. The first-order valence-electron chi connectivity index (χ1n) is 6.22. The highest BCUT2D eigenvalue weighted by Crippen LogP contribution is 2.11. The Bertz CT molecular complexity index is 563. The maximum atomic E-state index is 12.8. The lowest BCUT2D eigenvalue weighted by atomic mass is 9.99. The number of Topliss-reactive ketones (excluding diaryl/α,β-unsaturated/α-hetero) is 1. The zero-order chi connectivity index (χ0) is 13.7. The monoisotopic (exact) mass is 257 g/mol. The molecule has 2 aromatic rings. The summed E-state index contributed by atoms with van der Waals surface area (Å²) in [5, 5.41) is 0. The molecule has 0 saturated heterocycles. The number of benzene rings is 2. The van der Waals surface area contributed by atoms with Crippen molar-refractivity contribution < 1.29 is 9.18 Å². The van der Waals surface area contributed by atoms with E-state index in [-0.39, 0.29) is 11.6 Å². The normalized spacial score (nSPS) is 10.4. The molecule has 0 saturated carbocycles. The van der Waals surface area contributed by atoms with Crippen LogP contribution in [-0.4, -0.2) is 5.78 Å². The van der Waals surface area contributed by atoms with Gasteiger partial charge >= 0.3 is 0 Å². The fourth-order valence-corrected chi connectivity index (χ4v) is 2.03. The minimum Gasteiger partial charge on any atom is -0.326 e. The Balaban J connectivity index is 2.03. The first kappa shape index (κ1) is 13.4. The van der Waals surface area contributed by atoms with Crippen LogP contribution in [0.4, 0.5) is 4.39 Å². The summed E-state index contributed by atoms with van der Waals surface area (Å²) in [7, 11) is 0. The van der Waals surface area contributed by atoms with Crippen LogP contribution in [0.3, 0.4) is 0 Å². The van der Waals surface area contributed by atoms with Crippen molar-refractivity contribution in [3.63, 3.8) is 0 Å². The molecular formula is C16H16FNO. The first-order valence-corrected chi connectivity index (χ1v) is 6.22. The van der Waals surface area contributed by atoms with Crippen LogP contribution in [0, 0.1) is 5.82 Å². The summed E-state index contributed by atoms with van der Waals surface area (Å²) < 4.78 is 12.8. The van der Waals surface area contributed by atoms with Gasteiger partial charge in [0.1, 0.15) is 11.6 Å². The summed E-state index contributed by atoms with van der Waals surface area (Å²) in [5.41, 5.74) is 8.44. The summed E-state index contributed by atoms with van der Waals surface area (Å²) in [6.07, 6.45) is 0.684. The number of carbonyl (C=O) groups is 1. The van der Waals surface area contributed by atoms with E-state index in [2.05, 4.69) is 0 Å². The molecule has 3 heteroatoms. The third kappa shape index (κ3) is 3.73. The molecule has 0 radical (unpaired) electrons. The lowest BCUT2D eigenvalue weighted by Gasteiger charge is -2.07. The number of hydrogen-bond donors (Lipinski definition) is 1. The molecule has 0 bridgehead atoms. The van der Waals surface area contributed by atoms with Gasteiger partial charge in [0, 0.05) is 19.4 Å². The fraction of sp³-hybridized carbons (Fsp3) is 0.188. The first-order chi connectivity index (χ1) is 9.19. The smallest absolute Gasteiger partial charge is 0.141 e. The van der Waals surface area contributed by atoms with Gasteiger partial charge in [0.2, 0.25) is 0 Å². The molecule has 0 atom stereocenters. The Labute approximate surface area is 112 Å². The summed E-state index contributed by atoms with van der Waals surface area (Å²) in [6, 6.07) is 13.7. The van der Waals surface area contributed by atoms with Gasteiger partial charge in [-0.15, -0.1) is 0 Å². The van der Waals surface area contributed by atoms with E-state index in [9.17, 15) is 9.18 Å². The summed E-state index contributed by atoms with van der Waals surface area (Å²) in [5.74, 6) is -0.183. The number of ketones is 1. The minimum absolute atomic E-state index is 0.104. The molecule has 0 heterocycles. The van der Waals surface area contributed by atoms with Gasteiger partial charge in [0.25, 0.3) is 0 Å². The van der Waals surface area contributed by atoms with Gasteiger partial charge in [-0.25, -0.2) is 4.39 Å². The van der Waals surface area contributed by atoms with E-state index in [4.69, 9.17) is 5.73 Å². The van der Waals surface area contributed by atoms with Crippen LogP contribution >= 0.6 is 0 Å². The van der Waals surface area contributed by atoms with Crippen LogP contribution in [-0.2, 0) is 24.2 Å². The lowest BCUT2D eigenvalue weighted by molar-refractivity contribution is -0.117. The second-order valence-electron chi connectivity index (χ2n) is 4.49. The molecule has 2 rings (SSSR count). The maximum Gasteiger partial charge on any atom is 0.141 e. The highest BCUT2D eigenvalue weighted by atomic mass is 19.1. The third-order valence-corrected chi connectivity index (χ3v) is 3.04. The van der Waals surface area contributed by atoms with Crippen molar-refractivity contribution in [3.8, 4) is 0 Å². The quantitative estimate of drug-likeness (QED) is 0.894. The predicted octanol–water partition coefficient (Wildman–Crippen LogP) is 2.64. The van der Waals surface area contributed by atoms with Gasteiger partial charge in [-0.3, -0.25) is 4.79 Å². The van der Waals surface area contributed by atoms with Crippen molar-refractivity contribution in [3.05, 3.63) is 71.0 Å². The zero-order valence-electron chi connectivity index (χ0n) is 10.6. The Morgan fingerprint density at radius 3 is 2.21 bits per heavy atom. The van der Waals surface area contributed by atoms with Crippen molar-refractivity contribution in [2.75, 3.05) is 0 Å². The Kier molecular flexibility index (Phi) is 4.42. The lowest BCUT2D eigenvalue weighted by Crippen LogP contribution is -2.10. The second kappa shape index (κ2) is 6.25. The molecule has 98 valence electrons. The van der Waals surface area contributed by atoms with Crippen LogP contribution in [0.2, 0.25) is 0 Å². The van der Waals surface area contributed by atoms with Crippen LogP contribution in [0.1, 0.15) is 16.7 Å². The highest BCUT2D eigenvalue weighted by Gasteiger charge is 2.08. The Morgan fingerprint density at radius 1 is 0.947 bits per heavy atom. The van der Waals surface area contributed by atoms with E-state index in [1.807, 2.05) is 24.3 Å². The van der Waals surface area contributed by atoms with Gasteiger partial charge in [0.15, 0.2) is 0 Å². The fourth-order valence-electron chi connectivity index (χ4n) is 2.03. The van der Waals surface area contributed by atoms with Gasteiger partial charge < -0.3 is 5.73 Å². The molecule has 0 aromatic heterocycles. The average molecular weight is 257 g/mol. The van der Waals surface area contributed by atoms with Crippen LogP contribution < -0.4 is 5.73 Å². The van der Waals surface area contributed by atoms with E-state index in [0.717, 1.165) is 16.7 Å². The van der Waals surface area contributed by atoms with E-state index in [0.29, 0.717) is 19.4 Å². The Hall–Kier alpha value is -2.00. The molecule has 0 aliphatic heterocycles. The molecule has 2 N–H and O–H groups in total. The standard InChI is InChI=1S/C16H16FNO/c17-15-7-5-12(6-8-15)9-16(19)10-13-3-1-2-4-14(13)11-18/h1-8H,9-11,18H2. The van der Waals surface area contributed by atoms with E-state index in [1.54, 1.807) is 12.1 Å². The summed E-state index contributed by atoms with van der Waals surface area (Å²) >= 11 is 0. The highest BCUT2D eigenvalue weighted by molar-refractivity contribution is 5.83. The van der Waals surface area contributed by atoms with Crippen molar-refractivity contribution in [2.45, 2.75) is 19.4 Å². The number of nitrogens with two attached hydrogens (primary N) is 1.